The molecular formula is C15H13N5OS. The lowest BCUT2D eigenvalue weighted by Crippen LogP contribution is -2.39. The molecule has 2 aromatic heterocycles. The van der Waals surface area contributed by atoms with Gasteiger partial charge in [-0.25, -0.2) is 10.4 Å². The number of thiophene rings is 1. The van der Waals surface area contributed by atoms with Gasteiger partial charge in [0.25, 0.3) is 5.56 Å². The van der Waals surface area contributed by atoms with Gasteiger partial charge in [0.05, 0.1) is 5.39 Å². The van der Waals surface area contributed by atoms with Crippen molar-refractivity contribution >= 4 is 33.3 Å². The second-order valence-electron chi connectivity index (χ2n) is 5.09. The maximum Gasteiger partial charge on any atom is 0.283 e. The first kappa shape index (κ1) is 13.0. The molecule has 0 spiro atoms. The summed E-state index contributed by atoms with van der Waals surface area (Å²) >= 11 is 1.52. The second kappa shape index (κ2) is 4.67. The van der Waals surface area contributed by atoms with Crippen molar-refractivity contribution in [2.24, 2.45) is 5.10 Å². The zero-order valence-electron chi connectivity index (χ0n) is 12.0. The predicted molar refractivity (Wildman–Crippen MR) is 89.3 cm³/mol. The van der Waals surface area contributed by atoms with Gasteiger partial charge in [0.15, 0.2) is 5.84 Å². The minimum atomic E-state index is -0.113. The van der Waals surface area contributed by atoms with E-state index in [2.05, 4.69) is 20.9 Å². The minimum absolute atomic E-state index is 0.113. The third-order valence-electron chi connectivity index (χ3n) is 3.74. The van der Waals surface area contributed by atoms with Crippen LogP contribution in [0, 0.1) is 13.8 Å². The molecule has 0 amide bonds. The molecule has 0 bridgehead atoms. The number of anilines is 1. The van der Waals surface area contributed by atoms with Crippen LogP contribution < -0.4 is 16.4 Å². The summed E-state index contributed by atoms with van der Waals surface area (Å²) in [5.74, 6) is 0.986. The minimum Gasteiger partial charge on any atom is -0.270 e. The standard InChI is InChI=1S/C15H13N5OS/c1-8-9(2)22-13-11(8)14(21)20-15(16-13)18-17-12(19-20)10-6-4-3-5-7-10/h3-7H,1-2H3,(H,16,18)(H,17,19). The average molecular weight is 311 g/mol. The second-order valence-corrected chi connectivity index (χ2v) is 6.29. The Labute approximate surface area is 130 Å². The van der Waals surface area contributed by atoms with Crippen LogP contribution in [0.1, 0.15) is 16.0 Å². The van der Waals surface area contributed by atoms with Gasteiger partial charge in [0.2, 0.25) is 5.95 Å². The monoisotopic (exact) mass is 311 g/mol. The van der Waals surface area contributed by atoms with Gasteiger partial charge >= 0.3 is 0 Å². The van der Waals surface area contributed by atoms with E-state index in [9.17, 15) is 4.79 Å². The number of hydrogen-bond acceptors (Lipinski definition) is 6. The maximum absolute atomic E-state index is 12.8. The third-order valence-corrected chi connectivity index (χ3v) is 4.84. The summed E-state index contributed by atoms with van der Waals surface area (Å²) in [5.41, 5.74) is 7.67. The van der Waals surface area contributed by atoms with Crippen LogP contribution in [0.4, 0.5) is 5.95 Å². The lowest BCUT2D eigenvalue weighted by Gasteiger charge is -2.20. The summed E-state index contributed by atoms with van der Waals surface area (Å²) in [6, 6.07) is 9.63. The van der Waals surface area contributed by atoms with Crippen molar-refractivity contribution < 1.29 is 0 Å². The number of aryl methyl sites for hydroxylation is 2. The van der Waals surface area contributed by atoms with E-state index in [1.807, 2.05) is 44.2 Å². The molecule has 6 nitrogen and oxygen atoms in total. The molecule has 110 valence electrons. The molecule has 0 radical (unpaired) electrons. The molecule has 3 aromatic rings. The van der Waals surface area contributed by atoms with E-state index in [1.54, 1.807) is 0 Å². The first-order valence-electron chi connectivity index (χ1n) is 6.84. The number of aromatic nitrogens is 2. The molecule has 2 N–H and O–H groups in total. The van der Waals surface area contributed by atoms with Crippen LogP contribution in [-0.2, 0) is 0 Å². The van der Waals surface area contributed by atoms with Crippen molar-refractivity contribution in [3.8, 4) is 0 Å². The van der Waals surface area contributed by atoms with Gasteiger partial charge in [-0.05, 0) is 19.4 Å². The summed E-state index contributed by atoms with van der Waals surface area (Å²) < 4.78 is 1.41. The quantitative estimate of drug-likeness (QED) is 0.724. The van der Waals surface area contributed by atoms with Gasteiger partial charge in [-0.15, -0.1) is 11.3 Å². The van der Waals surface area contributed by atoms with Gasteiger partial charge in [0.1, 0.15) is 4.83 Å². The molecule has 1 aliphatic rings. The molecule has 0 atom stereocenters. The lowest BCUT2D eigenvalue weighted by atomic mass is 10.2. The molecule has 3 heterocycles. The van der Waals surface area contributed by atoms with E-state index >= 15 is 0 Å². The smallest absolute Gasteiger partial charge is 0.270 e. The van der Waals surface area contributed by atoms with Gasteiger partial charge in [-0.1, -0.05) is 30.3 Å². The van der Waals surface area contributed by atoms with E-state index < -0.39 is 0 Å². The van der Waals surface area contributed by atoms with Crippen molar-refractivity contribution in [1.82, 2.24) is 9.66 Å². The maximum atomic E-state index is 12.8. The van der Waals surface area contributed by atoms with Crippen molar-refractivity contribution in [2.45, 2.75) is 13.8 Å². The zero-order valence-corrected chi connectivity index (χ0v) is 12.9. The van der Waals surface area contributed by atoms with Crippen LogP contribution in [0.25, 0.3) is 10.2 Å². The third kappa shape index (κ3) is 1.82. The molecule has 4 rings (SSSR count). The number of fused-ring (bicyclic) bond motifs is 2. The summed E-state index contributed by atoms with van der Waals surface area (Å²) in [6.45, 7) is 3.95. The van der Waals surface area contributed by atoms with Gasteiger partial charge < -0.3 is 0 Å². The van der Waals surface area contributed by atoms with Crippen LogP contribution in [-0.4, -0.2) is 15.5 Å². The van der Waals surface area contributed by atoms with E-state index in [1.165, 1.54) is 16.0 Å². The number of amidine groups is 1. The highest BCUT2D eigenvalue weighted by Gasteiger charge is 2.20. The fraction of sp³-hybridized carbons (Fsp3) is 0.133. The Morgan fingerprint density at radius 3 is 2.73 bits per heavy atom. The molecule has 1 aromatic carbocycles. The van der Waals surface area contributed by atoms with E-state index in [-0.39, 0.29) is 5.56 Å². The highest BCUT2D eigenvalue weighted by atomic mass is 32.1. The zero-order chi connectivity index (χ0) is 15.3. The first-order chi connectivity index (χ1) is 10.6. The highest BCUT2D eigenvalue weighted by Crippen LogP contribution is 2.27. The Hall–Kier alpha value is -2.67. The van der Waals surface area contributed by atoms with Crippen molar-refractivity contribution in [2.75, 3.05) is 10.9 Å². The van der Waals surface area contributed by atoms with Crippen molar-refractivity contribution in [3.63, 3.8) is 0 Å². The van der Waals surface area contributed by atoms with Gasteiger partial charge in [-0.3, -0.25) is 10.2 Å². The average Bonchev–Trinajstić information content (AvgIpc) is 2.83. The Morgan fingerprint density at radius 1 is 1.18 bits per heavy atom. The van der Waals surface area contributed by atoms with Crippen LogP contribution in [0.2, 0.25) is 0 Å². The number of rotatable bonds is 1. The van der Waals surface area contributed by atoms with Crippen LogP contribution in [0.15, 0.2) is 40.2 Å². The fourth-order valence-corrected chi connectivity index (χ4v) is 3.45. The van der Waals surface area contributed by atoms with E-state index in [4.69, 9.17) is 0 Å². The predicted octanol–water partition coefficient (Wildman–Crippen LogP) is 2.41. The van der Waals surface area contributed by atoms with E-state index in [0.717, 1.165) is 20.8 Å². The first-order valence-corrected chi connectivity index (χ1v) is 7.65. The molecule has 0 unspecified atom stereocenters. The van der Waals surface area contributed by atoms with Crippen molar-refractivity contribution in [1.29, 1.82) is 0 Å². The lowest BCUT2D eigenvalue weighted by molar-refractivity contribution is 0.870. The largest absolute Gasteiger partial charge is 0.283 e. The molecule has 1 aliphatic heterocycles. The number of hydrazone groups is 1. The van der Waals surface area contributed by atoms with Crippen molar-refractivity contribution in [3.05, 3.63) is 56.7 Å². The normalized spacial score (nSPS) is 13.3. The molecule has 22 heavy (non-hydrogen) atoms. The molecule has 0 fully saturated rings. The fourth-order valence-electron chi connectivity index (χ4n) is 2.43. The molecule has 7 heteroatoms. The topological polar surface area (TPSA) is 71.3 Å². The van der Waals surface area contributed by atoms with Crippen LogP contribution in [0.3, 0.4) is 0 Å². The SMILES string of the molecule is Cc1sc2nc3n(c(=O)c2c1C)NC(c1ccccc1)=NN3. The molecule has 0 aliphatic carbocycles. The summed E-state index contributed by atoms with van der Waals surface area (Å²) in [7, 11) is 0. The Kier molecular flexibility index (Phi) is 2.77. The van der Waals surface area contributed by atoms with E-state index in [0.29, 0.717) is 17.2 Å². The molecule has 0 saturated carbocycles. The number of nitrogens with one attached hydrogen (secondary N) is 2. The van der Waals surface area contributed by atoms with Gasteiger partial charge in [0, 0.05) is 10.4 Å². The van der Waals surface area contributed by atoms with Crippen LogP contribution in [0.5, 0.6) is 0 Å². The Balaban J connectivity index is 1.88. The molecule has 0 saturated heterocycles. The highest BCUT2D eigenvalue weighted by molar-refractivity contribution is 7.18. The Bertz CT molecular complexity index is 971. The van der Waals surface area contributed by atoms with Gasteiger partial charge in [-0.2, -0.15) is 9.78 Å². The number of benzene rings is 1. The summed E-state index contributed by atoms with van der Waals surface area (Å²) in [6.07, 6.45) is 0. The Morgan fingerprint density at radius 2 is 1.95 bits per heavy atom. The number of hydrogen-bond donors (Lipinski definition) is 2. The summed E-state index contributed by atoms with van der Waals surface area (Å²) in [5, 5.41) is 4.92. The molecular weight excluding hydrogens is 298 g/mol. The van der Waals surface area contributed by atoms with Crippen LogP contribution >= 0.6 is 11.3 Å². The number of nitrogens with zero attached hydrogens (tertiary/aromatic N) is 3. The summed E-state index contributed by atoms with van der Waals surface area (Å²) in [4.78, 5) is 19.1.